The van der Waals surface area contributed by atoms with E-state index in [4.69, 9.17) is 10.5 Å². The molecule has 1 aliphatic rings. The van der Waals surface area contributed by atoms with E-state index in [0.717, 1.165) is 12.0 Å². The highest BCUT2D eigenvalue weighted by Crippen LogP contribution is 2.41. The maximum atomic E-state index is 12.3. The van der Waals surface area contributed by atoms with E-state index in [1.54, 1.807) is 29.2 Å². The Morgan fingerprint density at radius 3 is 2.40 bits per heavy atom. The van der Waals surface area contributed by atoms with Gasteiger partial charge in [-0.1, -0.05) is 12.1 Å². The number of carbonyl (C=O) groups is 1. The summed E-state index contributed by atoms with van der Waals surface area (Å²) in [5.74, 6) is 0.198. The van der Waals surface area contributed by atoms with Crippen LogP contribution in [-0.4, -0.2) is 34.8 Å². The molecule has 1 atom stereocenters. The predicted octanol–water partition coefficient (Wildman–Crippen LogP) is 2.19. The van der Waals surface area contributed by atoms with Crippen LogP contribution in [0, 0.1) is 0 Å². The Kier molecular flexibility index (Phi) is 3.65. The van der Waals surface area contributed by atoms with E-state index in [-0.39, 0.29) is 11.8 Å². The predicted molar refractivity (Wildman–Crippen MR) is 76.4 cm³/mol. The molecule has 5 heteroatoms. The number of rotatable bonds is 2. The fourth-order valence-electron chi connectivity index (χ4n) is 2.48. The first-order valence-electron chi connectivity index (χ1n) is 6.79. The van der Waals surface area contributed by atoms with Crippen molar-refractivity contribution in [2.45, 2.75) is 38.3 Å². The Morgan fingerprint density at radius 1 is 1.40 bits per heavy atom. The molecule has 0 bridgehead atoms. The Bertz CT molecular complexity index is 489. The van der Waals surface area contributed by atoms with Crippen LogP contribution in [0.15, 0.2) is 24.3 Å². The van der Waals surface area contributed by atoms with Gasteiger partial charge in [-0.15, -0.1) is 0 Å². The summed E-state index contributed by atoms with van der Waals surface area (Å²) in [5, 5.41) is 9.38. The van der Waals surface area contributed by atoms with Gasteiger partial charge in [-0.05, 0) is 44.9 Å². The maximum absolute atomic E-state index is 12.3. The average molecular weight is 278 g/mol. The molecular weight excluding hydrogens is 256 g/mol. The zero-order chi connectivity index (χ0) is 15.0. The van der Waals surface area contributed by atoms with E-state index in [9.17, 15) is 9.90 Å². The highest BCUT2D eigenvalue weighted by atomic mass is 16.6. The van der Waals surface area contributed by atoms with Crippen LogP contribution in [0.25, 0.3) is 0 Å². The zero-order valence-corrected chi connectivity index (χ0v) is 12.2. The van der Waals surface area contributed by atoms with Crippen molar-refractivity contribution in [3.63, 3.8) is 0 Å². The normalized spacial score (nSPS) is 22.3. The van der Waals surface area contributed by atoms with E-state index in [1.807, 2.05) is 20.8 Å². The summed E-state index contributed by atoms with van der Waals surface area (Å²) >= 11 is 0. The van der Waals surface area contributed by atoms with Crippen LogP contribution in [0.2, 0.25) is 0 Å². The van der Waals surface area contributed by atoms with Gasteiger partial charge in [0.2, 0.25) is 0 Å². The summed E-state index contributed by atoms with van der Waals surface area (Å²) in [6.07, 6.45) is 0.454. The van der Waals surface area contributed by atoms with Crippen LogP contribution in [0.1, 0.15) is 32.8 Å². The highest BCUT2D eigenvalue weighted by Gasteiger charge is 2.49. The number of amides is 1. The van der Waals surface area contributed by atoms with E-state index < -0.39 is 11.1 Å². The molecule has 110 valence electrons. The first-order valence-corrected chi connectivity index (χ1v) is 6.79. The van der Waals surface area contributed by atoms with E-state index in [2.05, 4.69) is 0 Å². The summed E-state index contributed by atoms with van der Waals surface area (Å²) in [5.41, 5.74) is 5.80. The zero-order valence-electron chi connectivity index (χ0n) is 12.2. The number of nitrogens with two attached hydrogens (primary N) is 1. The molecule has 1 aromatic carbocycles. The number of aromatic hydroxyl groups is 1. The molecule has 1 amide bonds. The molecule has 0 aliphatic carbocycles. The van der Waals surface area contributed by atoms with Crippen molar-refractivity contribution < 1.29 is 14.6 Å². The molecular formula is C15H22N2O3. The number of phenols is 1. The van der Waals surface area contributed by atoms with Crippen molar-refractivity contribution in [2.75, 3.05) is 13.1 Å². The van der Waals surface area contributed by atoms with Crippen molar-refractivity contribution in [1.29, 1.82) is 0 Å². The third-order valence-electron chi connectivity index (χ3n) is 3.62. The summed E-state index contributed by atoms with van der Waals surface area (Å²) in [6.45, 7) is 6.49. The Balaban J connectivity index is 2.23. The lowest BCUT2D eigenvalue weighted by atomic mass is 9.78. The number of carbonyl (C=O) groups excluding carboxylic acids is 1. The van der Waals surface area contributed by atoms with Crippen LogP contribution in [0.4, 0.5) is 4.79 Å². The molecule has 1 aliphatic heterocycles. The number of hydrogen-bond donors (Lipinski definition) is 2. The lowest BCUT2D eigenvalue weighted by molar-refractivity contribution is -0.0440. The van der Waals surface area contributed by atoms with Crippen molar-refractivity contribution in [2.24, 2.45) is 5.73 Å². The smallest absolute Gasteiger partial charge is 0.411 e. The molecule has 0 spiro atoms. The number of nitrogens with zero attached hydrogens (tertiary/aromatic N) is 1. The van der Waals surface area contributed by atoms with Gasteiger partial charge >= 0.3 is 6.09 Å². The van der Waals surface area contributed by atoms with Crippen molar-refractivity contribution in [3.05, 3.63) is 29.8 Å². The standard InChI is InChI=1S/C15H22N2O3/c1-14(2,3)20-13(19)17-9-8-15(17,10-16)11-4-6-12(18)7-5-11/h4-7,18H,8-10,16H2,1-3H3. The molecule has 2 rings (SSSR count). The fourth-order valence-corrected chi connectivity index (χ4v) is 2.48. The molecule has 0 saturated carbocycles. The van der Waals surface area contributed by atoms with Crippen LogP contribution in [0.3, 0.4) is 0 Å². The molecule has 1 unspecified atom stereocenters. The van der Waals surface area contributed by atoms with Gasteiger partial charge in [0, 0.05) is 13.1 Å². The van der Waals surface area contributed by atoms with Gasteiger partial charge in [0.1, 0.15) is 11.4 Å². The van der Waals surface area contributed by atoms with Crippen LogP contribution >= 0.6 is 0 Å². The summed E-state index contributed by atoms with van der Waals surface area (Å²) in [4.78, 5) is 13.9. The van der Waals surface area contributed by atoms with Crippen molar-refractivity contribution in [1.82, 2.24) is 4.90 Å². The Labute approximate surface area is 119 Å². The van der Waals surface area contributed by atoms with Crippen molar-refractivity contribution in [3.8, 4) is 5.75 Å². The lowest BCUT2D eigenvalue weighted by Crippen LogP contribution is -2.63. The second-order valence-electron chi connectivity index (χ2n) is 6.16. The number of likely N-dealkylation sites (tertiary alicyclic amines) is 1. The molecule has 1 fully saturated rings. The minimum atomic E-state index is -0.526. The molecule has 3 N–H and O–H groups in total. The topological polar surface area (TPSA) is 75.8 Å². The third-order valence-corrected chi connectivity index (χ3v) is 3.62. The number of benzene rings is 1. The monoisotopic (exact) mass is 278 g/mol. The summed E-state index contributed by atoms with van der Waals surface area (Å²) in [6, 6.07) is 6.83. The Morgan fingerprint density at radius 2 is 2.00 bits per heavy atom. The summed E-state index contributed by atoms with van der Waals surface area (Å²) < 4.78 is 5.43. The minimum Gasteiger partial charge on any atom is -0.508 e. The van der Waals surface area contributed by atoms with Gasteiger partial charge in [0.15, 0.2) is 0 Å². The molecule has 1 aromatic rings. The number of ether oxygens (including phenoxy) is 1. The first kappa shape index (κ1) is 14.7. The summed E-state index contributed by atoms with van der Waals surface area (Å²) in [7, 11) is 0. The third kappa shape index (κ3) is 2.58. The van der Waals surface area contributed by atoms with Gasteiger partial charge in [-0.2, -0.15) is 0 Å². The lowest BCUT2D eigenvalue weighted by Gasteiger charge is -2.52. The van der Waals surface area contributed by atoms with Gasteiger partial charge in [-0.3, -0.25) is 4.90 Å². The first-order chi connectivity index (χ1) is 9.28. The molecule has 20 heavy (non-hydrogen) atoms. The SMILES string of the molecule is CC(C)(C)OC(=O)N1CCC1(CN)c1ccc(O)cc1. The molecule has 1 heterocycles. The largest absolute Gasteiger partial charge is 0.508 e. The van der Waals surface area contributed by atoms with Gasteiger partial charge in [0.25, 0.3) is 0 Å². The van der Waals surface area contributed by atoms with Crippen LogP contribution in [0.5, 0.6) is 5.75 Å². The Hall–Kier alpha value is -1.75. The van der Waals surface area contributed by atoms with Crippen molar-refractivity contribution >= 4 is 6.09 Å². The number of hydrogen-bond acceptors (Lipinski definition) is 4. The molecule has 0 aromatic heterocycles. The van der Waals surface area contributed by atoms with Gasteiger partial charge < -0.3 is 15.6 Å². The quantitative estimate of drug-likeness (QED) is 0.869. The minimum absolute atomic E-state index is 0.198. The van der Waals surface area contributed by atoms with Gasteiger partial charge in [-0.25, -0.2) is 4.79 Å². The van der Waals surface area contributed by atoms with Crippen LogP contribution < -0.4 is 5.73 Å². The second-order valence-corrected chi connectivity index (χ2v) is 6.16. The average Bonchev–Trinajstić information content (AvgIpc) is 2.29. The molecule has 1 saturated heterocycles. The maximum Gasteiger partial charge on any atom is 0.411 e. The fraction of sp³-hybridized carbons (Fsp3) is 0.533. The molecule has 0 radical (unpaired) electrons. The van der Waals surface area contributed by atoms with Gasteiger partial charge in [0.05, 0.1) is 5.54 Å². The number of phenolic OH excluding ortho intramolecular Hbond substituents is 1. The molecule has 5 nitrogen and oxygen atoms in total. The van der Waals surface area contributed by atoms with Crippen LogP contribution in [-0.2, 0) is 10.3 Å². The van der Waals surface area contributed by atoms with E-state index >= 15 is 0 Å². The second kappa shape index (κ2) is 4.98. The van der Waals surface area contributed by atoms with E-state index in [1.165, 1.54) is 0 Å². The highest BCUT2D eigenvalue weighted by molar-refractivity contribution is 5.71. The van der Waals surface area contributed by atoms with E-state index in [0.29, 0.717) is 13.1 Å².